The van der Waals surface area contributed by atoms with Gasteiger partial charge in [0.2, 0.25) is 5.91 Å². The van der Waals surface area contributed by atoms with Crippen LogP contribution in [0.2, 0.25) is 0 Å². The van der Waals surface area contributed by atoms with Crippen LogP contribution in [0, 0.1) is 0 Å². The molecule has 1 heterocycles. The summed E-state index contributed by atoms with van der Waals surface area (Å²) < 4.78 is 1.02. The van der Waals surface area contributed by atoms with Gasteiger partial charge in [0.25, 0.3) is 0 Å². The van der Waals surface area contributed by atoms with Gasteiger partial charge in [-0.1, -0.05) is 28.1 Å². The SMILES string of the molecule is O=C(Cc1ccc(Br)cc1)N1CCCC(O)C1. The van der Waals surface area contributed by atoms with E-state index in [1.807, 2.05) is 24.3 Å². The third-order valence-electron chi connectivity index (χ3n) is 3.02. The molecule has 1 aliphatic heterocycles. The van der Waals surface area contributed by atoms with Crippen LogP contribution >= 0.6 is 15.9 Å². The Bertz CT molecular complexity index is 391. The summed E-state index contributed by atoms with van der Waals surface area (Å²) in [4.78, 5) is 13.8. The number of amides is 1. The lowest BCUT2D eigenvalue weighted by Gasteiger charge is -2.30. The summed E-state index contributed by atoms with van der Waals surface area (Å²) in [6.07, 6.45) is 1.77. The van der Waals surface area contributed by atoms with Crippen LogP contribution in [0.5, 0.6) is 0 Å². The van der Waals surface area contributed by atoms with E-state index >= 15 is 0 Å². The van der Waals surface area contributed by atoms with E-state index in [4.69, 9.17) is 0 Å². The quantitative estimate of drug-likeness (QED) is 0.907. The van der Waals surface area contributed by atoms with Gasteiger partial charge in [-0.3, -0.25) is 4.79 Å². The molecule has 1 fully saturated rings. The van der Waals surface area contributed by atoms with E-state index < -0.39 is 0 Å². The minimum Gasteiger partial charge on any atom is -0.391 e. The van der Waals surface area contributed by atoms with Crippen LogP contribution in [0.4, 0.5) is 0 Å². The number of benzene rings is 1. The summed E-state index contributed by atoms with van der Waals surface area (Å²) in [5.41, 5.74) is 1.01. The molecule has 0 saturated carbocycles. The molecule has 2 rings (SSSR count). The van der Waals surface area contributed by atoms with Crippen LogP contribution in [-0.2, 0) is 11.2 Å². The van der Waals surface area contributed by atoms with E-state index in [2.05, 4.69) is 15.9 Å². The number of aliphatic hydroxyl groups excluding tert-OH is 1. The van der Waals surface area contributed by atoms with Gasteiger partial charge < -0.3 is 10.0 Å². The average molecular weight is 298 g/mol. The lowest BCUT2D eigenvalue weighted by Crippen LogP contribution is -2.42. The molecule has 1 aliphatic rings. The number of hydrogen-bond acceptors (Lipinski definition) is 2. The molecule has 4 heteroatoms. The predicted octanol–water partition coefficient (Wildman–Crippen LogP) is 1.97. The number of nitrogens with zero attached hydrogens (tertiary/aromatic N) is 1. The highest BCUT2D eigenvalue weighted by Gasteiger charge is 2.21. The van der Waals surface area contributed by atoms with Gasteiger partial charge in [-0.05, 0) is 30.5 Å². The summed E-state index contributed by atoms with van der Waals surface area (Å²) in [7, 11) is 0. The van der Waals surface area contributed by atoms with Crippen LogP contribution in [0.25, 0.3) is 0 Å². The lowest BCUT2D eigenvalue weighted by atomic mass is 10.1. The number of hydrogen-bond donors (Lipinski definition) is 1. The third kappa shape index (κ3) is 3.54. The molecule has 1 aromatic rings. The molecule has 92 valence electrons. The van der Waals surface area contributed by atoms with Crippen LogP contribution < -0.4 is 0 Å². The zero-order valence-corrected chi connectivity index (χ0v) is 11.2. The summed E-state index contributed by atoms with van der Waals surface area (Å²) in [5, 5.41) is 9.53. The van der Waals surface area contributed by atoms with Crippen molar-refractivity contribution in [1.82, 2.24) is 4.90 Å². The van der Waals surface area contributed by atoms with Crippen LogP contribution in [0.3, 0.4) is 0 Å². The summed E-state index contributed by atoms with van der Waals surface area (Å²) in [5.74, 6) is 0.103. The third-order valence-corrected chi connectivity index (χ3v) is 3.55. The van der Waals surface area contributed by atoms with Crippen LogP contribution in [-0.4, -0.2) is 35.1 Å². The number of carbonyl (C=O) groups excluding carboxylic acids is 1. The van der Waals surface area contributed by atoms with E-state index in [9.17, 15) is 9.90 Å². The van der Waals surface area contributed by atoms with Crippen molar-refractivity contribution in [2.24, 2.45) is 0 Å². The molecule has 0 radical (unpaired) electrons. The van der Waals surface area contributed by atoms with Gasteiger partial charge in [0, 0.05) is 17.6 Å². The second-order valence-electron chi connectivity index (χ2n) is 4.44. The summed E-state index contributed by atoms with van der Waals surface area (Å²) >= 11 is 3.37. The zero-order chi connectivity index (χ0) is 12.3. The highest BCUT2D eigenvalue weighted by Crippen LogP contribution is 2.14. The van der Waals surface area contributed by atoms with Gasteiger partial charge in [0.15, 0.2) is 0 Å². The maximum Gasteiger partial charge on any atom is 0.227 e. The monoisotopic (exact) mass is 297 g/mol. The van der Waals surface area contributed by atoms with E-state index in [-0.39, 0.29) is 12.0 Å². The highest BCUT2D eigenvalue weighted by molar-refractivity contribution is 9.10. The smallest absolute Gasteiger partial charge is 0.227 e. The van der Waals surface area contributed by atoms with Crippen molar-refractivity contribution in [3.05, 3.63) is 34.3 Å². The van der Waals surface area contributed by atoms with E-state index in [0.29, 0.717) is 13.0 Å². The van der Waals surface area contributed by atoms with Crippen LogP contribution in [0.1, 0.15) is 18.4 Å². The molecule has 0 aromatic heterocycles. The fraction of sp³-hybridized carbons (Fsp3) is 0.462. The lowest BCUT2D eigenvalue weighted by molar-refractivity contribution is -0.133. The van der Waals surface area contributed by atoms with Gasteiger partial charge in [0.1, 0.15) is 0 Å². The first-order valence-corrected chi connectivity index (χ1v) is 6.65. The van der Waals surface area contributed by atoms with Gasteiger partial charge in [-0.2, -0.15) is 0 Å². The van der Waals surface area contributed by atoms with Gasteiger partial charge in [0.05, 0.1) is 12.5 Å². The van der Waals surface area contributed by atoms with E-state index in [1.54, 1.807) is 4.90 Å². The number of piperidine rings is 1. The topological polar surface area (TPSA) is 40.5 Å². The average Bonchev–Trinajstić information content (AvgIpc) is 2.32. The van der Waals surface area contributed by atoms with E-state index in [1.165, 1.54) is 0 Å². The molecule has 0 aliphatic carbocycles. The molecule has 1 saturated heterocycles. The first kappa shape index (κ1) is 12.6. The second kappa shape index (κ2) is 5.65. The largest absolute Gasteiger partial charge is 0.391 e. The molecule has 1 atom stereocenters. The normalized spacial score (nSPS) is 20.4. The molecule has 3 nitrogen and oxygen atoms in total. The number of rotatable bonds is 2. The second-order valence-corrected chi connectivity index (χ2v) is 5.35. The standard InChI is InChI=1S/C13H16BrNO2/c14-11-5-3-10(4-6-11)8-13(17)15-7-1-2-12(16)9-15/h3-6,12,16H,1-2,7-9H2. The first-order chi connectivity index (χ1) is 8.15. The molecule has 0 spiro atoms. The molecular weight excluding hydrogens is 282 g/mol. The van der Waals surface area contributed by atoms with Crippen molar-refractivity contribution in [3.63, 3.8) is 0 Å². The van der Waals surface area contributed by atoms with Crippen molar-refractivity contribution >= 4 is 21.8 Å². The number of aliphatic hydroxyl groups is 1. The van der Waals surface area contributed by atoms with Crippen molar-refractivity contribution in [2.45, 2.75) is 25.4 Å². The number of carbonyl (C=O) groups is 1. The van der Waals surface area contributed by atoms with Crippen molar-refractivity contribution in [2.75, 3.05) is 13.1 Å². The Morgan fingerprint density at radius 2 is 2.12 bits per heavy atom. The van der Waals surface area contributed by atoms with Crippen molar-refractivity contribution < 1.29 is 9.90 Å². The maximum absolute atomic E-state index is 12.0. The zero-order valence-electron chi connectivity index (χ0n) is 9.60. The summed E-state index contributed by atoms with van der Waals surface area (Å²) in [6.45, 7) is 1.25. The van der Waals surface area contributed by atoms with Crippen LogP contribution in [0.15, 0.2) is 28.7 Å². The highest BCUT2D eigenvalue weighted by atomic mass is 79.9. The Labute approximate surface area is 110 Å². The van der Waals surface area contributed by atoms with Crippen molar-refractivity contribution in [3.8, 4) is 0 Å². The molecule has 17 heavy (non-hydrogen) atoms. The fourth-order valence-electron chi connectivity index (χ4n) is 2.07. The Hall–Kier alpha value is -0.870. The molecule has 1 aromatic carbocycles. The Morgan fingerprint density at radius 1 is 1.41 bits per heavy atom. The maximum atomic E-state index is 12.0. The fourth-order valence-corrected chi connectivity index (χ4v) is 2.33. The minimum atomic E-state index is -0.349. The Balaban J connectivity index is 1.94. The minimum absolute atomic E-state index is 0.103. The Morgan fingerprint density at radius 3 is 2.76 bits per heavy atom. The number of likely N-dealkylation sites (tertiary alicyclic amines) is 1. The first-order valence-electron chi connectivity index (χ1n) is 5.85. The van der Waals surface area contributed by atoms with Gasteiger partial charge in [-0.15, -0.1) is 0 Å². The summed E-state index contributed by atoms with van der Waals surface area (Å²) in [6, 6.07) is 7.77. The van der Waals surface area contributed by atoms with E-state index in [0.717, 1.165) is 29.4 Å². The predicted molar refractivity (Wildman–Crippen MR) is 69.7 cm³/mol. The molecule has 1 unspecified atom stereocenters. The molecule has 0 bridgehead atoms. The number of halogens is 1. The molecule has 1 amide bonds. The molecular formula is C13H16BrNO2. The van der Waals surface area contributed by atoms with Crippen molar-refractivity contribution in [1.29, 1.82) is 0 Å². The Kier molecular flexibility index (Phi) is 4.18. The number of β-amino-alcohol motifs (C(OH)–C–C–N with tert-alkyl or cyclic N) is 1. The molecule has 1 N–H and O–H groups in total. The van der Waals surface area contributed by atoms with Gasteiger partial charge in [-0.25, -0.2) is 0 Å². The van der Waals surface area contributed by atoms with Gasteiger partial charge >= 0.3 is 0 Å².